The van der Waals surface area contributed by atoms with Gasteiger partial charge in [-0.3, -0.25) is 0 Å². The first kappa shape index (κ1) is 16.3. The third-order valence-electron chi connectivity index (χ3n) is 6.03. The van der Waals surface area contributed by atoms with Crippen molar-refractivity contribution >= 4 is 0 Å². The molecule has 1 unspecified atom stereocenters. The summed E-state index contributed by atoms with van der Waals surface area (Å²) in [6, 6.07) is 0.588. The van der Waals surface area contributed by atoms with Crippen LogP contribution < -0.4 is 5.73 Å². The first-order valence-corrected chi connectivity index (χ1v) is 8.67. The van der Waals surface area contributed by atoms with Gasteiger partial charge in [0.2, 0.25) is 0 Å². The van der Waals surface area contributed by atoms with Crippen LogP contribution in [0.5, 0.6) is 0 Å². The third kappa shape index (κ3) is 3.55. The topological polar surface area (TPSA) is 32.5 Å². The summed E-state index contributed by atoms with van der Waals surface area (Å²) in [7, 11) is 6.80. The molecular formula is C17H35N3. The molecule has 3 heteroatoms. The maximum Gasteiger partial charge on any atom is 0.0330 e. The minimum Gasteiger partial charge on any atom is -0.329 e. The first-order chi connectivity index (χ1) is 9.59. The van der Waals surface area contributed by atoms with Crippen LogP contribution in [0.4, 0.5) is 0 Å². The van der Waals surface area contributed by atoms with Crippen LogP contribution in [-0.4, -0.2) is 55.6 Å². The number of rotatable bonds is 6. The third-order valence-corrected chi connectivity index (χ3v) is 6.03. The number of nitrogens with zero attached hydrogens (tertiary/aromatic N) is 2. The van der Waals surface area contributed by atoms with E-state index in [2.05, 4.69) is 30.9 Å². The lowest BCUT2D eigenvalue weighted by atomic mass is 9.75. The minimum atomic E-state index is 0.424. The van der Waals surface area contributed by atoms with Crippen molar-refractivity contribution in [3.05, 3.63) is 0 Å². The van der Waals surface area contributed by atoms with E-state index in [-0.39, 0.29) is 0 Å². The molecule has 0 aromatic rings. The lowest BCUT2D eigenvalue weighted by Gasteiger charge is -2.51. The molecule has 0 aromatic heterocycles. The molecule has 20 heavy (non-hydrogen) atoms. The predicted octanol–water partition coefficient (Wildman–Crippen LogP) is 2.70. The molecular weight excluding hydrogens is 246 g/mol. The standard InChI is InChI=1S/C17H35N3/c1-19(2)17(11-8-12-17)14-20(3)16(13-18)15-9-6-4-5-7-10-15/h15-16H,4-14,18H2,1-3H3. The largest absolute Gasteiger partial charge is 0.329 e. The summed E-state index contributed by atoms with van der Waals surface area (Å²) in [4.78, 5) is 5.04. The highest BCUT2D eigenvalue weighted by Crippen LogP contribution is 2.38. The van der Waals surface area contributed by atoms with Crippen LogP contribution >= 0.6 is 0 Å². The molecule has 0 radical (unpaired) electrons. The summed E-state index contributed by atoms with van der Waals surface area (Å²) < 4.78 is 0. The zero-order valence-electron chi connectivity index (χ0n) is 13.9. The molecule has 118 valence electrons. The van der Waals surface area contributed by atoms with Gasteiger partial charge < -0.3 is 15.5 Å². The van der Waals surface area contributed by atoms with E-state index < -0.39 is 0 Å². The average Bonchev–Trinajstić information content (AvgIpc) is 2.63. The number of hydrogen-bond donors (Lipinski definition) is 1. The normalized spacial score (nSPS) is 25.5. The molecule has 0 heterocycles. The van der Waals surface area contributed by atoms with Gasteiger partial charge in [-0.2, -0.15) is 0 Å². The molecule has 2 saturated carbocycles. The molecule has 0 amide bonds. The number of nitrogens with two attached hydrogens (primary N) is 1. The Balaban J connectivity index is 1.95. The van der Waals surface area contributed by atoms with Crippen LogP contribution in [0.15, 0.2) is 0 Å². The SMILES string of the molecule is CN(CC1(N(C)C)CCC1)C(CN)C1CCCCCC1. The summed E-state index contributed by atoms with van der Waals surface area (Å²) >= 11 is 0. The van der Waals surface area contributed by atoms with Crippen LogP contribution in [0.2, 0.25) is 0 Å². The van der Waals surface area contributed by atoms with Gasteiger partial charge in [-0.15, -0.1) is 0 Å². The van der Waals surface area contributed by atoms with Gasteiger partial charge in [0.25, 0.3) is 0 Å². The molecule has 2 aliphatic carbocycles. The number of likely N-dealkylation sites (N-methyl/N-ethyl adjacent to an activating group) is 2. The summed E-state index contributed by atoms with van der Waals surface area (Å²) in [5.74, 6) is 0.826. The van der Waals surface area contributed by atoms with Gasteiger partial charge in [0.1, 0.15) is 0 Å². The molecule has 0 aromatic carbocycles. The van der Waals surface area contributed by atoms with Gasteiger partial charge in [0, 0.05) is 24.7 Å². The Morgan fingerprint density at radius 2 is 1.60 bits per heavy atom. The van der Waals surface area contributed by atoms with E-state index in [1.165, 1.54) is 64.3 Å². The van der Waals surface area contributed by atoms with Crippen LogP contribution in [-0.2, 0) is 0 Å². The summed E-state index contributed by atoms with van der Waals surface area (Å²) in [6.45, 7) is 2.02. The van der Waals surface area contributed by atoms with Crippen LogP contribution in [0, 0.1) is 5.92 Å². The van der Waals surface area contributed by atoms with E-state index in [0.717, 1.165) is 12.5 Å². The molecule has 2 rings (SSSR count). The highest BCUT2D eigenvalue weighted by Gasteiger charge is 2.41. The van der Waals surface area contributed by atoms with Crippen molar-refractivity contribution in [2.24, 2.45) is 11.7 Å². The van der Waals surface area contributed by atoms with Gasteiger partial charge in [-0.1, -0.05) is 25.7 Å². The molecule has 0 aliphatic heterocycles. The monoisotopic (exact) mass is 281 g/mol. The minimum absolute atomic E-state index is 0.424. The van der Waals surface area contributed by atoms with Crippen LogP contribution in [0.25, 0.3) is 0 Å². The van der Waals surface area contributed by atoms with Gasteiger partial charge in [-0.25, -0.2) is 0 Å². The Labute approximate surface area is 125 Å². The van der Waals surface area contributed by atoms with Gasteiger partial charge in [0.15, 0.2) is 0 Å². The lowest BCUT2D eigenvalue weighted by Crippen LogP contribution is -2.59. The average molecular weight is 281 g/mol. The maximum atomic E-state index is 6.15. The van der Waals surface area contributed by atoms with Crippen molar-refractivity contribution in [1.82, 2.24) is 9.80 Å². The van der Waals surface area contributed by atoms with Crippen LogP contribution in [0.1, 0.15) is 57.8 Å². The summed E-state index contributed by atoms with van der Waals surface area (Å²) in [5, 5.41) is 0. The van der Waals surface area contributed by atoms with Gasteiger partial charge in [0.05, 0.1) is 0 Å². The second-order valence-corrected chi connectivity index (χ2v) is 7.44. The van der Waals surface area contributed by atoms with E-state index in [1.807, 2.05) is 0 Å². The molecule has 0 spiro atoms. The Morgan fingerprint density at radius 1 is 1.00 bits per heavy atom. The molecule has 2 fully saturated rings. The zero-order chi connectivity index (χ0) is 14.6. The quantitative estimate of drug-likeness (QED) is 0.760. The summed E-state index contributed by atoms with van der Waals surface area (Å²) in [6.07, 6.45) is 12.6. The Hall–Kier alpha value is -0.120. The van der Waals surface area contributed by atoms with E-state index in [1.54, 1.807) is 0 Å². The zero-order valence-corrected chi connectivity index (χ0v) is 13.9. The highest BCUT2D eigenvalue weighted by molar-refractivity contribution is 4.99. The molecule has 2 N–H and O–H groups in total. The fraction of sp³-hybridized carbons (Fsp3) is 1.00. The van der Waals surface area contributed by atoms with Crippen molar-refractivity contribution in [1.29, 1.82) is 0 Å². The predicted molar refractivity (Wildman–Crippen MR) is 86.9 cm³/mol. The number of hydrogen-bond acceptors (Lipinski definition) is 3. The van der Waals surface area contributed by atoms with E-state index >= 15 is 0 Å². The Kier molecular flexibility index (Phi) is 5.88. The van der Waals surface area contributed by atoms with E-state index in [9.17, 15) is 0 Å². The second-order valence-electron chi connectivity index (χ2n) is 7.44. The van der Waals surface area contributed by atoms with Crippen molar-refractivity contribution in [2.75, 3.05) is 34.2 Å². The van der Waals surface area contributed by atoms with Crippen molar-refractivity contribution < 1.29 is 0 Å². The molecule has 0 bridgehead atoms. The smallest absolute Gasteiger partial charge is 0.0330 e. The maximum absolute atomic E-state index is 6.15. The van der Waals surface area contributed by atoms with Gasteiger partial charge >= 0.3 is 0 Å². The van der Waals surface area contributed by atoms with Crippen molar-refractivity contribution in [2.45, 2.75) is 69.4 Å². The highest BCUT2D eigenvalue weighted by atomic mass is 15.2. The van der Waals surface area contributed by atoms with E-state index in [4.69, 9.17) is 5.73 Å². The Morgan fingerprint density at radius 3 is 2.00 bits per heavy atom. The van der Waals surface area contributed by atoms with Crippen molar-refractivity contribution in [3.63, 3.8) is 0 Å². The van der Waals surface area contributed by atoms with Gasteiger partial charge in [-0.05, 0) is 59.2 Å². The molecule has 0 saturated heterocycles. The second kappa shape index (κ2) is 7.24. The first-order valence-electron chi connectivity index (χ1n) is 8.67. The van der Waals surface area contributed by atoms with E-state index in [0.29, 0.717) is 11.6 Å². The molecule has 1 atom stereocenters. The summed E-state index contributed by atoms with van der Waals surface area (Å²) in [5.41, 5.74) is 6.58. The molecule has 2 aliphatic rings. The Bertz CT molecular complexity index is 278. The lowest BCUT2D eigenvalue weighted by molar-refractivity contribution is 0.00759. The van der Waals surface area contributed by atoms with Crippen molar-refractivity contribution in [3.8, 4) is 0 Å². The molecule has 3 nitrogen and oxygen atoms in total. The van der Waals surface area contributed by atoms with Crippen LogP contribution in [0.3, 0.4) is 0 Å². The fourth-order valence-electron chi connectivity index (χ4n) is 4.34. The fourth-order valence-corrected chi connectivity index (χ4v) is 4.34.